The van der Waals surface area contributed by atoms with Gasteiger partial charge in [-0.05, 0) is 69.0 Å². The van der Waals surface area contributed by atoms with Crippen LogP contribution in [0.5, 0.6) is 0 Å². The Morgan fingerprint density at radius 2 is 1.96 bits per heavy atom. The van der Waals surface area contributed by atoms with Crippen molar-refractivity contribution >= 4 is 11.7 Å². The standard InChI is InChI=1S/C18H27FN4O/c19-15-3-5-16(6-4-15)21-18(24)22-17-7-10-23(11-8-17)13-14-2-1-9-20-12-14/h3-6,14,17,20H,1-2,7-13H2,(H2,21,22,24). The predicted octanol–water partition coefficient (Wildman–Crippen LogP) is 2.41. The summed E-state index contributed by atoms with van der Waals surface area (Å²) in [5.74, 6) is 0.464. The molecule has 0 spiro atoms. The van der Waals surface area contributed by atoms with E-state index in [2.05, 4.69) is 20.9 Å². The SMILES string of the molecule is O=C(Nc1ccc(F)cc1)NC1CCN(CC2CCCNC2)CC1. The Kier molecular flexibility index (Phi) is 6.04. The smallest absolute Gasteiger partial charge is 0.319 e. The largest absolute Gasteiger partial charge is 0.335 e. The number of urea groups is 1. The minimum Gasteiger partial charge on any atom is -0.335 e. The number of halogens is 1. The van der Waals surface area contributed by atoms with Gasteiger partial charge in [-0.1, -0.05) is 0 Å². The molecule has 2 saturated heterocycles. The molecule has 2 heterocycles. The molecule has 2 aliphatic rings. The fourth-order valence-corrected chi connectivity index (χ4v) is 3.59. The summed E-state index contributed by atoms with van der Waals surface area (Å²) in [4.78, 5) is 14.5. The quantitative estimate of drug-likeness (QED) is 0.793. The fraction of sp³-hybridized carbons (Fsp3) is 0.611. The summed E-state index contributed by atoms with van der Waals surface area (Å²) in [7, 11) is 0. The lowest BCUT2D eigenvalue weighted by molar-refractivity contribution is 0.161. The summed E-state index contributed by atoms with van der Waals surface area (Å²) < 4.78 is 12.9. The molecule has 0 aliphatic carbocycles. The maximum absolute atomic E-state index is 12.9. The minimum absolute atomic E-state index is 0.212. The number of rotatable bonds is 4. The van der Waals surface area contributed by atoms with Crippen LogP contribution < -0.4 is 16.0 Å². The van der Waals surface area contributed by atoms with Crippen molar-refractivity contribution in [3.05, 3.63) is 30.1 Å². The highest BCUT2D eigenvalue weighted by Crippen LogP contribution is 2.16. The van der Waals surface area contributed by atoms with Gasteiger partial charge in [0.1, 0.15) is 5.82 Å². The molecule has 1 aromatic carbocycles. The van der Waals surface area contributed by atoms with Crippen molar-refractivity contribution in [1.82, 2.24) is 15.5 Å². The van der Waals surface area contributed by atoms with Crippen LogP contribution in [-0.4, -0.2) is 49.7 Å². The molecule has 0 aromatic heterocycles. The lowest BCUT2D eigenvalue weighted by atomic mass is 9.97. The zero-order chi connectivity index (χ0) is 16.8. The number of piperidine rings is 2. The van der Waals surface area contributed by atoms with Crippen LogP contribution in [-0.2, 0) is 0 Å². The number of carbonyl (C=O) groups is 1. The summed E-state index contributed by atoms with van der Waals surface area (Å²) in [5, 5.41) is 9.25. The van der Waals surface area contributed by atoms with E-state index in [0.29, 0.717) is 5.69 Å². The topological polar surface area (TPSA) is 56.4 Å². The van der Waals surface area contributed by atoms with Crippen molar-refractivity contribution in [2.45, 2.75) is 31.7 Å². The zero-order valence-corrected chi connectivity index (χ0v) is 14.1. The molecule has 3 N–H and O–H groups in total. The predicted molar refractivity (Wildman–Crippen MR) is 93.6 cm³/mol. The first-order valence-corrected chi connectivity index (χ1v) is 8.95. The van der Waals surface area contributed by atoms with Gasteiger partial charge in [0.15, 0.2) is 0 Å². The van der Waals surface area contributed by atoms with Gasteiger partial charge in [0.2, 0.25) is 0 Å². The molecule has 2 fully saturated rings. The number of likely N-dealkylation sites (tertiary alicyclic amines) is 1. The average molecular weight is 334 g/mol. The highest BCUT2D eigenvalue weighted by molar-refractivity contribution is 5.89. The molecule has 24 heavy (non-hydrogen) atoms. The third-order valence-electron chi connectivity index (χ3n) is 4.94. The molecule has 2 aliphatic heterocycles. The molecule has 1 aromatic rings. The first-order valence-electron chi connectivity index (χ1n) is 8.95. The van der Waals surface area contributed by atoms with Gasteiger partial charge in [0, 0.05) is 31.4 Å². The first-order chi connectivity index (χ1) is 11.7. The number of benzene rings is 1. The van der Waals surface area contributed by atoms with Crippen LogP contribution in [0.15, 0.2) is 24.3 Å². The van der Waals surface area contributed by atoms with E-state index in [9.17, 15) is 9.18 Å². The van der Waals surface area contributed by atoms with Crippen LogP contribution in [0.1, 0.15) is 25.7 Å². The number of hydrogen-bond donors (Lipinski definition) is 3. The second kappa shape index (κ2) is 8.44. The molecule has 2 amide bonds. The maximum atomic E-state index is 12.9. The van der Waals surface area contributed by atoms with Crippen molar-refractivity contribution in [3.8, 4) is 0 Å². The zero-order valence-electron chi connectivity index (χ0n) is 14.1. The van der Waals surface area contributed by atoms with Gasteiger partial charge in [-0.3, -0.25) is 0 Å². The monoisotopic (exact) mass is 334 g/mol. The van der Waals surface area contributed by atoms with Crippen LogP contribution in [0.25, 0.3) is 0 Å². The van der Waals surface area contributed by atoms with Gasteiger partial charge >= 0.3 is 6.03 Å². The van der Waals surface area contributed by atoms with E-state index in [4.69, 9.17) is 0 Å². The molecule has 1 atom stereocenters. The molecule has 0 radical (unpaired) electrons. The molecular formula is C18H27FN4O. The van der Waals surface area contributed by atoms with Crippen molar-refractivity contribution < 1.29 is 9.18 Å². The van der Waals surface area contributed by atoms with E-state index >= 15 is 0 Å². The van der Waals surface area contributed by atoms with Crippen LogP contribution in [0.2, 0.25) is 0 Å². The van der Waals surface area contributed by atoms with E-state index in [-0.39, 0.29) is 17.9 Å². The van der Waals surface area contributed by atoms with Crippen molar-refractivity contribution in [2.24, 2.45) is 5.92 Å². The highest BCUT2D eigenvalue weighted by Gasteiger charge is 2.23. The molecule has 132 valence electrons. The number of nitrogens with one attached hydrogen (secondary N) is 3. The summed E-state index contributed by atoms with van der Waals surface area (Å²) in [6.07, 6.45) is 4.57. The van der Waals surface area contributed by atoms with E-state index in [0.717, 1.165) is 44.9 Å². The van der Waals surface area contributed by atoms with Gasteiger partial charge in [0.25, 0.3) is 0 Å². The Morgan fingerprint density at radius 3 is 2.62 bits per heavy atom. The Hall–Kier alpha value is -1.66. The average Bonchev–Trinajstić information content (AvgIpc) is 2.60. The molecule has 5 nitrogen and oxygen atoms in total. The highest BCUT2D eigenvalue weighted by atomic mass is 19.1. The van der Waals surface area contributed by atoms with E-state index in [1.54, 1.807) is 12.1 Å². The molecular weight excluding hydrogens is 307 g/mol. The van der Waals surface area contributed by atoms with E-state index in [1.165, 1.54) is 31.5 Å². The molecule has 0 saturated carbocycles. The number of hydrogen-bond acceptors (Lipinski definition) is 3. The Balaban J connectivity index is 1.37. The van der Waals surface area contributed by atoms with Gasteiger partial charge in [-0.2, -0.15) is 0 Å². The first kappa shape index (κ1) is 17.2. The van der Waals surface area contributed by atoms with Crippen LogP contribution >= 0.6 is 0 Å². The number of amides is 2. The van der Waals surface area contributed by atoms with Crippen LogP contribution in [0.4, 0.5) is 14.9 Å². The lowest BCUT2D eigenvalue weighted by Crippen LogP contribution is -2.48. The molecule has 0 bridgehead atoms. The Bertz CT molecular complexity index is 522. The lowest BCUT2D eigenvalue weighted by Gasteiger charge is -2.35. The maximum Gasteiger partial charge on any atom is 0.319 e. The number of nitrogens with zero attached hydrogens (tertiary/aromatic N) is 1. The van der Waals surface area contributed by atoms with Crippen molar-refractivity contribution in [3.63, 3.8) is 0 Å². The summed E-state index contributed by atoms with van der Waals surface area (Å²) in [6, 6.07) is 5.82. The van der Waals surface area contributed by atoms with E-state index < -0.39 is 0 Å². The molecule has 6 heteroatoms. The number of carbonyl (C=O) groups excluding carboxylic acids is 1. The van der Waals surface area contributed by atoms with Gasteiger partial charge in [-0.25, -0.2) is 9.18 Å². The second-order valence-corrected chi connectivity index (χ2v) is 6.89. The number of anilines is 1. The van der Waals surface area contributed by atoms with E-state index in [1.807, 2.05) is 0 Å². The molecule has 1 unspecified atom stereocenters. The second-order valence-electron chi connectivity index (χ2n) is 6.89. The van der Waals surface area contributed by atoms with Crippen molar-refractivity contribution in [1.29, 1.82) is 0 Å². The summed E-state index contributed by atoms with van der Waals surface area (Å²) >= 11 is 0. The van der Waals surface area contributed by atoms with Gasteiger partial charge in [-0.15, -0.1) is 0 Å². The van der Waals surface area contributed by atoms with Gasteiger partial charge < -0.3 is 20.9 Å². The van der Waals surface area contributed by atoms with Crippen molar-refractivity contribution in [2.75, 3.05) is 38.0 Å². The third kappa shape index (κ3) is 5.18. The van der Waals surface area contributed by atoms with Crippen LogP contribution in [0, 0.1) is 11.7 Å². The van der Waals surface area contributed by atoms with Gasteiger partial charge in [0.05, 0.1) is 0 Å². The third-order valence-corrected chi connectivity index (χ3v) is 4.94. The van der Waals surface area contributed by atoms with Crippen LogP contribution in [0.3, 0.4) is 0 Å². The minimum atomic E-state index is -0.304. The summed E-state index contributed by atoms with van der Waals surface area (Å²) in [5.41, 5.74) is 0.608. The Morgan fingerprint density at radius 1 is 1.21 bits per heavy atom. The molecule has 3 rings (SSSR count). The summed E-state index contributed by atoms with van der Waals surface area (Å²) in [6.45, 7) is 5.54. The Labute approximate surface area is 143 Å². The fourth-order valence-electron chi connectivity index (χ4n) is 3.59. The normalized spacial score (nSPS) is 23.0.